The van der Waals surface area contributed by atoms with E-state index in [2.05, 4.69) is 0 Å². The highest BCUT2D eigenvalue weighted by atomic mass is 35.5. The number of para-hydroxylation sites is 1. The number of halogens is 4. The predicted molar refractivity (Wildman–Crippen MR) is 153 cm³/mol. The van der Waals surface area contributed by atoms with Gasteiger partial charge in [0.2, 0.25) is 0 Å². The van der Waals surface area contributed by atoms with Crippen molar-refractivity contribution in [2.24, 2.45) is 0 Å². The molecule has 0 spiro atoms. The Balaban J connectivity index is 1.65. The maximum absolute atomic E-state index is 13.9. The van der Waals surface area contributed by atoms with Crippen molar-refractivity contribution in [3.63, 3.8) is 0 Å². The van der Waals surface area contributed by atoms with Crippen molar-refractivity contribution < 1.29 is 36.0 Å². The van der Waals surface area contributed by atoms with Crippen LogP contribution in [0.4, 0.5) is 13.2 Å². The molecule has 0 amide bonds. The Morgan fingerprint density at radius 3 is 2.36 bits per heavy atom. The molecule has 2 aromatic heterocycles. The Bertz CT molecular complexity index is 1770. The van der Waals surface area contributed by atoms with Gasteiger partial charge in [-0.2, -0.15) is 21.6 Å². The Morgan fingerprint density at radius 1 is 1.02 bits per heavy atom. The summed E-state index contributed by atoms with van der Waals surface area (Å²) in [5, 5.41) is 21.8. The molecule has 1 aliphatic rings. The SMILES string of the molecule is O=c1c2c(CO)c(-c3ccc(OS(=O)(=O)CCC(F)(F)F)cc3)n(-c3ccccc3Cl)c2ccn1C1CCCCC1O. The van der Waals surface area contributed by atoms with Crippen LogP contribution in [0.2, 0.25) is 5.02 Å². The number of hydrogen-bond acceptors (Lipinski definition) is 6. The van der Waals surface area contributed by atoms with Crippen molar-refractivity contribution in [1.29, 1.82) is 0 Å². The number of hydrogen-bond donors (Lipinski definition) is 2. The van der Waals surface area contributed by atoms with Crippen molar-refractivity contribution in [3.05, 3.63) is 81.7 Å². The van der Waals surface area contributed by atoms with E-state index in [1.54, 1.807) is 41.1 Å². The molecule has 2 heterocycles. The number of aliphatic hydroxyl groups excluding tert-OH is 2. The third-order valence-electron chi connectivity index (χ3n) is 7.44. The lowest BCUT2D eigenvalue weighted by Gasteiger charge is -2.29. The molecule has 2 aromatic carbocycles. The second kappa shape index (κ2) is 11.8. The van der Waals surface area contributed by atoms with E-state index in [-0.39, 0.29) is 16.7 Å². The fourth-order valence-corrected chi connectivity index (χ4v) is 6.69. The Kier molecular flexibility index (Phi) is 8.44. The molecule has 8 nitrogen and oxygen atoms in total. The Morgan fingerprint density at radius 2 is 1.71 bits per heavy atom. The van der Waals surface area contributed by atoms with E-state index in [0.717, 1.165) is 12.8 Å². The zero-order chi connectivity index (χ0) is 30.2. The van der Waals surface area contributed by atoms with Crippen LogP contribution in [0.3, 0.4) is 0 Å². The van der Waals surface area contributed by atoms with E-state index in [0.29, 0.717) is 45.9 Å². The van der Waals surface area contributed by atoms with Gasteiger partial charge in [0, 0.05) is 11.8 Å². The van der Waals surface area contributed by atoms with Crippen LogP contribution in [0.1, 0.15) is 43.7 Å². The molecule has 13 heteroatoms. The minimum Gasteiger partial charge on any atom is -0.392 e. The van der Waals surface area contributed by atoms with Crippen molar-refractivity contribution >= 4 is 32.6 Å². The first-order valence-electron chi connectivity index (χ1n) is 13.3. The van der Waals surface area contributed by atoms with Gasteiger partial charge in [0.05, 0.1) is 58.2 Å². The minimum absolute atomic E-state index is 0.194. The van der Waals surface area contributed by atoms with Crippen LogP contribution in [-0.2, 0) is 16.7 Å². The van der Waals surface area contributed by atoms with Gasteiger partial charge in [0.15, 0.2) is 0 Å². The van der Waals surface area contributed by atoms with Crippen molar-refractivity contribution in [2.75, 3.05) is 5.75 Å². The molecular formula is C29H28ClF3N2O6S. The lowest BCUT2D eigenvalue weighted by Crippen LogP contribution is -2.34. The van der Waals surface area contributed by atoms with Crippen LogP contribution in [0, 0.1) is 0 Å². The first-order valence-corrected chi connectivity index (χ1v) is 15.3. The average Bonchev–Trinajstić information content (AvgIpc) is 3.28. The van der Waals surface area contributed by atoms with Crippen LogP contribution >= 0.6 is 11.6 Å². The number of aromatic nitrogens is 2. The van der Waals surface area contributed by atoms with Crippen molar-refractivity contribution in [3.8, 4) is 22.7 Å². The Hall–Kier alpha value is -3.32. The summed E-state index contributed by atoms with van der Waals surface area (Å²) in [5.41, 5.74) is 1.75. The molecule has 2 unspecified atom stereocenters. The number of fused-ring (bicyclic) bond motifs is 1. The fraction of sp³-hybridized carbons (Fsp3) is 0.345. The summed E-state index contributed by atoms with van der Waals surface area (Å²) >= 11 is 6.58. The molecule has 1 aliphatic carbocycles. The largest absolute Gasteiger partial charge is 0.392 e. The fourth-order valence-electron chi connectivity index (χ4n) is 5.50. The lowest BCUT2D eigenvalue weighted by atomic mass is 9.92. The molecule has 0 aliphatic heterocycles. The number of pyridine rings is 1. The number of aliphatic hydroxyl groups is 2. The Labute approximate surface area is 244 Å². The third-order valence-corrected chi connectivity index (χ3v) is 8.91. The minimum atomic E-state index is -4.65. The van der Waals surface area contributed by atoms with E-state index >= 15 is 0 Å². The van der Waals surface area contributed by atoms with Gasteiger partial charge in [-0.05, 0) is 60.9 Å². The van der Waals surface area contributed by atoms with E-state index in [1.807, 2.05) is 0 Å². The third kappa shape index (κ3) is 6.07. The number of benzene rings is 2. The van der Waals surface area contributed by atoms with Gasteiger partial charge in [-0.25, -0.2) is 0 Å². The monoisotopic (exact) mass is 624 g/mol. The molecular weight excluding hydrogens is 597 g/mol. The second-order valence-electron chi connectivity index (χ2n) is 10.2. The van der Waals surface area contributed by atoms with Gasteiger partial charge >= 0.3 is 16.3 Å². The lowest BCUT2D eigenvalue weighted by molar-refractivity contribution is -0.130. The molecule has 1 fully saturated rings. The standard InChI is InChI=1S/C29H28ClF3N2O6S/c30-21-5-1-2-6-22(21)35-24-13-15-34(23-7-3-4-8-25(23)37)28(38)26(24)20(17-36)27(35)18-9-11-19(12-10-18)41-42(39,40)16-14-29(31,32)33/h1-2,5-6,9-13,15,23,25,36-37H,3-4,7-8,14,16-17H2. The zero-order valence-electron chi connectivity index (χ0n) is 22.2. The van der Waals surface area contributed by atoms with Gasteiger partial charge in [-0.15, -0.1) is 0 Å². The van der Waals surface area contributed by atoms with Gasteiger partial charge in [0.1, 0.15) is 5.75 Å². The number of rotatable bonds is 8. The van der Waals surface area contributed by atoms with Crippen molar-refractivity contribution in [2.45, 2.75) is 57.0 Å². The molecule has 2 N–H and O–H groups in total. The van der Waals surface area contributed by atoms with Crippen LogP contribution in [0.15, 0.2) is 65.6 Å². The molecule has 0 radical (unpaired) electrons. The van der Waals surface area contributed by atoms with E-state index in [4.69, 9.17) is 15.8 Å². The molecule has 0 saturated heterocycles. The molecule has 1 saturated carbocycles. The maximum atomic E-state index is 13.9. The highest BCUT2D eigenvalue weighted by Gasteiger charge is 2.31. The molecule has 0 bridgehead atoms. The summed E-state index contributed by atoms with van der Waals surface area (Å²) in [6, 6.07) is 13.8. The summed E-state index contributed by atoms with van der Waals surface area (Å²) < 4.78 is 69.8. The van der Waals surface area contributed by atoms with Crippen LogP contribution < -0.4 is 9.74 Å². The van der Waals surface area contributed by atoms with E-state index in [9.17, 15) is 36.6 Å². The van der Waals surface area contributed by atoms with Gasteiger partial charge in [-0.1, -0.05) is 36.6 Å². The van der Waals surface area contributed by atoms with E-state index < -0.39 is 47.2 Å². The highest BCUT2D eigenvalue weighted by molar-refractivity contribution is 7.87. The summed E-state index contributed by atoms with van der Waals surface area (Å²) in [4.78, 5) is 13.9. The van der Waals surface area contributed by atoms with Crippen LogP contribution in [-0.4, -0.2) is 45.8 Å². The van der Waals surface area contributed by atoms with Crippen LogP contribution in [0.25, 0.3) is 27.8 Å². The first-order chi connectivity index (χ1) is 19.9. The topological polar surface area (TPSA) is 111 Å². The predicted octanol–water partition coefficient (Wildman–Crippen LogP) is 5.74. The molecule has 224 valence electrons. The summed E-state index contributed by atoms with van der Waals surface area (Å²) in [6.07, 6.45) is -2.30. The van der Waals surface area contributed by atoms with Gasteiger partial charge in [0.25, 0.3) is 5.56 Å². The highest BCUT2D eigenvalue weighted by Crippen LogP contribution is 2.38. The molecule has 2 atom stereocenters. The summed E-state index contributed by atoms with van der Waals surface area (Å²) in [6.45, 7) is -0.528. The molecule has 5 rings (SSSR count). The van der Waals surface area contributed by atoms with Crippen LogP contribution in [0.5, 0.6) is 5.75 Å². The quantitative estimate of drug-likeness (QED) is 0.242. The normalized spacial score (nSPS) is 18.0. The number of nitrogens with zero attached hydrogens (tertiary/aromatic N) is 2. The molecule has 4 aromatic rings. The average molecular weight is 625 g/mol. The zero-order valence-corrected chi connectivity index (χ0v) is 23.8. The number of alkyl halides is 3. The van der Waals surface area contributed by atoms with Gasteiger partial charge in [-0.3, -0.25) is 4.79 Å². The van der Waals surface area contributed by atoms with Crippen molar-refractivity contribution in [1.82, 2.24) is 9.13 Å². The summed E-state index contributed by atoms with van der Waals surface area (Å²) in [5.74, 6) is -1.42. The smallest absolute Gasteiger partial charge is 0.390 e. The molecule has 42 heavy (non-hydrogen) atoms. The van der Waals surface area contributed by atoms with Gasteiger partial charge < -0.3 is 23.5 Å². The maximum Gasteiger partial charge on any atom is 0.390 e. The second-order valence-corrected chi connectivity index (χ2v) is 12.3. The summed E-state index contributed by atoms with van der Waals surface area (Å²) in [7, 11) is -4.51. The van der Waals surface area contributed by atoms with E-state index in [1.165, 1.54) is 28.8 Å². The first kappa shape index (κ1) is 30.1.